The lowest BCUT2D eigenvalue weighted by atomic mass is 9.32. The van der Waals surface area contributed by atoms with Crippen LogP contribution in [0.3, 0.4) is 0 Å². The van der Waals surface area contributed by atoms with Crippen molar-refractivity contribution in [2.24, 2.45) is 56.7 Å². The molecule has 4 heteroatoms. The van der Waals surface area contributed by atoms with Crippen LogP contribution in [0, 0.1) is 56.7 Å². The maximum absolute atomic E-state index is 14.5. The molecule has 0 bridgehead atoms. The molecule has 5 rings (SSSR count). The lowest BCUT2D eigenvalue weighted by Crippen LogP contribution is -2.68. The highest BCUT2D eigenvalue weighted by atomic mass is 16.3. The van der Waals surface area contributed by atoms with Crippen molar-refractivity contribution in [1.82, 2.24) is 4.90 Å². The Balaban J connectivity index is 1.55. The molecule has 40 heavy (non-hydrogen) atoms. The van der Waals surface area contributed by atoms with E-state index in [9.17, 15) is 15.0 Å². The summed E-state index contributed by atoms with van der Waals surface area (Å²) in [6, 6.07) is 0. The molecule has 0 aliphatic heterocycles. The van der Waals surface area contributed by atoms with Gasteiger partial charge in [0.05, 0.1) is 18.1 Å². The predicted octanol–water partition coefficient (Wildman–Crippen LogP) is 7.18. The fraction of sp³-hybridized carbons (Fsp3) is 0.806. The molecule has 5 saturated carbocycles. The van der Waals surface area contributed by atoms with Gasteiger partial charge >= 0.3 is 0 Å². The first-order valence-electron chi connectivity index (χ1n) is 16.3. The summed E-state index contributed by atoms with van der Waals surface area (Å²) in [7, 11) is 0. The van der Waals surface area contributed by atoms with Gasteiger partial charge in [-0.1, -0.05) is 52.0 Å². The van der Waals surface area contributed by atoms with Crippen molar-refractivity contribution < 1.29 is 15.0 Å². The van der Waals surface area contributed by atoms with E-state index in [1.165, 1.54) is 18.4 Å². The minimum absolute atomic E-state index is 0.0661. The van der Waals surface area contributed by atoms with Gasteiger partial charge in [-0.25, -0.2) is 0 Å². The van der Waals surface area contributed by atoms with Gasteiger partial charge in [0.1, 0.15) is 0 Å². The van der Waals surface area contributed by atoms with Crippen LogP contribution < -0.4 is 0 Å². The molecular weight excluding hydrogens is 494 g/mol. The molecule has 0 heterocycles. The number of hydrogen-bond donors (Lipinski definition) is 2. The standard InChI is InChI=1S/C36H57NO3/c1-9-21-37(22-10-2)31(40)36-18-13-25(24(3)4)30(36)26-11-12-28-32(5)16-15-29(39)33(6,23-38)27(32)14-17-35(28,8)34(26,7)19-20-36/h9-10,25-30,38-39H,1-3,11-23H2,4-8H3/t25-,26+,27+,28+,29-,30+,32-,33-,34+,35+,36-/m0/s1. The van der Waals surface area contributed by atoms with Crippen LogP contribution in [-0.2, 0) is 4.79 Å². The number of amides is 1. The van der Waals surface area contributed by atoms with E-state index in [-0.39, 0.29) is 28.3 Å². The van der Waals surface area contributed by atoms with Gasteiger partial charge < -0.3 is 15.1 Å². The molecule has 0 aromatic heterocycles. The average Bonchev–Trinajstić information content (AvgIpc) is 3.32. The van der Waals surface area contributed by atoms with Crippen LogP contribution in [0.4, 0.5) is 0 Å². The number of hydrogen-bond acceptors (Lipinski definition) is 3. The van der Waals surface area contributed by atoms with Gasteiger partial charge in [0.2, 0.25) is 5.91 Å². The van der Waals surface area contributed by atoms with Crippen LogP contribution in [0.1, 0.15) is 98.8 Å². The molecule has 0 unspecified atom stereocenters. The van der Waals surface area contributed by atoms with Gasteiger partial charge in [-0.15, -0.1) is 13.2 Å². The van der Waals surface area contributed by atoms with Crippen LogP contribution in [0.5, 0.6) is 0 Å². The maximum Gasteiger partial charge on any atom is 0.229 e. The van der Waals surface area contributed by atoms with Crippen LogP contribution in [0.2, 0.25) is 0 Å². The third kappa shape index (κ3) is 3.79. The van der Waals surface area contributed by atoms with Gasteiger partial charge in [-0.05, 0) is 117 Å². The molecule has 0 aromatic rings. The van der Waals surface area contributed by atoms with E-state index in [2.05, 4.69) is 54.4 Å². The fourth-order valence-electron chi connectivity index (χ4n) is 12.4. The van der Waals surface area contributed by atoms with Crippen LogP contribution >= 0.6 is 0 Å². The van der Waals surface area contributed by atoms with Crippen molar-refractivity contribution in [2.75, 3.05) is 19.7 Å². The van der Waals surface area contributed by atoms with Crippen LogP contribution in [0.15, 0.2) is 37.5 Å². The average molecular weight is 552 g/mol. The Morgan fingerprint density at radius 1 is 0.875 bits per heavy atom. The van der Waals surface area contributed by atoms with E-state index in [0.717, 1.165) is 51.4 Å². The van der Waals surface area contributed by atoms with E-state index in [0.29, 0.717) is 48.6 Å². The summed E-state index contributed by atoms with van der Waals surface area (Å²) in [4.78, 5) is 16.5. The largest absolute Gasteiger partial charge is 0.396 e. The number of aliphatic hydroxyl groups excluding tert-OH is 2. The lowest BCUT2D eigenvalue weighted by molar-refractivity contribution is -0.253. The predicted molar refractivity (Wildman–Crippen MR) is 163 cm³/mol. The van der Waals surface area contributed by atoms with Gasteiger partial charge in [0.15, 0.2) is 0 Å². The fourth-order valence-corrected chi connectivity index (χ4v) is 12.4. The first-order valence-corrected chi connectivity index (χ1v) is 16.3. The summed E-state index contributed by atoms with van der Waals surface area (Å²) < 4.78 is 0. The third-order valence-corrected chi connectivity index (χ3v) is 14.6. The summed E-state index contributed by atoms with van der Waals surface area (Å²) in [6.07, 6.45) is 13.8. The summed E-state index contributed by atoms with van der Waals surface area (Å²) in [5.41, 5.74) is 0.982. The van der Waals surface area contributed by atoms with E-state index >= 15 is 0 Å². The highest BCUT2D eigenvalue weighted by Gasteiger charge is 2.72. The zero-order valence-electron chi connectivity index (χ0n) is 26.2. The van der Waals surface area contributed by atoms with E-state index in [1.54, 1.807) is 0 Å². The smallest absolute Gasteiger partial charge is 0.229 e. The number of aliphatic hydroxyl groups is 2. The van der Waals surface area contributed by atoms with E-state index in [1.807, 2.05) is 17.1 Å². The molecule has 2 N–H and O–H groups in total. The lowest BCUT2D eigenvalue weighted by Gasteiger charge is -2.73. The SMILES string of the molecule is C=CCN(CC=C)C(=O)[C@]12CC[C@@H](C(=C)C)[C@@H]1[C@H]1CC[C@@H]3[C@@]4(C)CC[C@H](O)[C@@](C)(CO)[C@@H]4CC[C@@]3(C)[C@]1(C)CC2. The molecule has 0 aromatic carbocycles. The van der Waals surface area contributed by atoms with Crippen LogP contribution in [0.25, 0.3) is 0 Å². The molecule has 11 atom stereocenters. The number of fused-ring (bicyclic) bond motifs is 7. The molecule has 0 radical (unpaired) electrons. The summed E-state index contributed by atoms with van der Waals surface area (Å²) >= 11 is 0. The van der Waals surface area contributed by atoms with Crippen molar-refractivity contribution in [3.05, 3.63) is 37.5 Å². The second-order valence-corrected chi connectivity index (χ2v) is 15.8. The number of nitrogens with zero attached hydrogens (tertiary/aromatic N) is 1. The summed E-state index contributed by atoms with van der Waals surface area (Å²) in [5, 5.41) is 21.6. The number of rotatable bonds is 7. The van der Waals surface area contributed by atoms with Gasteiger partial charge in [0, 0.05) is 18.5 Å². The van der Waals surface area contributed by atoms with E-state index < -0.39 is 11.5 Å². The van der Waals surface area contributed by atoms with Crippen molar-refractivity contribution >= 4 is 5.91 Å². The molecule has 1 amide bonds. The molecule has 4 nitrogen and oxygen atoms in total. The van der Waals surface area contributed by atoms with Gasteiger partial charge in [-0.2, -0.15) is 0 Å². The second-order valence-electron chi connectivity index (χ2n) is 15.8. The quantitative estimate of drug-likeness (QED) is 0.330. The molecule has 5 aliphatic rings. The van der Waals surface area contributed by atoms with Crippen molar-refractivity contribution in [3.8, 4) is 0 Å². The maximum atomic E-state index is 14.5. The molecule has 5 fully saturated rings. The Hall–Kier alpha value is -1.39. The molecule has 224 valence electrons. The number of allylic oxidation sites excluding steroid dienone is 1. The highest BCUT2D eigenvalue weighted by Crippen LogP contribution is 2.77. The van der Waals surface area contributed by atoms with E-state index in [4.69, 9.17) is 0 Å². The summed E-state index contributed by atoms with van der Waals surface area (Å²) in [5.74, 6) is 2.49. The molecule has 0 saturated heterocycles. The Kier molecular flexibility index (Phi) is 7.60. The van der Waals surface area contributed by atoms with Crippen molar-refractivity contribution in [3.63, 3.8) is 0 Å². The van der Waals surface area contributed by atoms with Crippen molar-refractivity contribution in [2.45, 2.75) is 105 Å². The molecule has 0 spiro atoms. The molecule has 5 aliphatic carbocycles. The topological polar surface area (TPSA) is 60.8 Å². The van der Waals surface area contributed by atoms with Crippen LogP contribution in [-0.4, -0.2) is 46.8 Å². The Labute approximate surface area is 244 Å². The van der Waals surface area contributed by atoms with Crippen molar-refractivity contribution in [1.29, 1.82) is 0 Å². The Morgan fingerprint density at radius 3 is 2.15 bits per heavy atom. The second kappa shape index (κ2) is 10.1. The zero-order chi connectivity index (χ0) is 29.3. The van der Waals surface area contributed by atoms with Gasteiger partial charge in [0.25, 0.3) is 0 Å². The first kappa shape index (κ1) is 30.1. The van der Waals surface area contributed by atoms with Gasteiger partial charge in [-0.3, -0.25) is 4.79 Å². The monoisotopic (exact) mass is 551 g/mol. The zero-order valence-corrected chi connectivity index (χ0v) is 26.2. The molecular formula is C36H57NO3. The highest BCUT2D eigenvalue weighted by molar-refractivity contribution is 5.84. The normalized spacial score (nSPS) is 49.6. The Morgan fingerprint density at radius 2 is 1.55 bits per heavy atom. The minimum atomic E-state index is -0.420. The third-order valence-electron chi connectivity index (χ3n) is 14.6. The number of carbonyl (C=O) groups excluding carboxylic acids is 1. The number of carbonyl (C=O) groups is 1. The minimum Gasteiger partial charge on any atom is -0.396 e. The first-order chi connectivity index (χ1) is 18.8. The Bertz CT molecular complexity index is 1040. The summed E-state index contributed by atoms with van der Waals surface area (Å²) in [6.45, 7) is 25.7.